The van der Waals surface area contributed by atoms with Crippen molar-refractivity contribution in [2.45, 2.75) is 0 Å². The lowest BCUT2D eigenvalue weighted by molar-refractivity contribution is 0.111. The molecule has 0 fully saturated rings. The predicted molar refractivity (Wildman–Crippen MR) is 43.9 cm³/mol. The monoisotopic (exact) mass is 168 g/mol. The van der Waals surface area contributed by atoms with Crippen LogP contribution in [-0.2, 0) is 0 Å². The van der Waals surface area contributed by atoms with Gasteiger partial charge in [0.25, 0.3) is 0 Å². The van der Waals surface area contributed by atoms with Crippen LogP contribution in [0.2, 0.25) is 0 Å². The van der Waals surface area contributed by atoms with Crippen molar-refractivity contribution in [1.29, 1.82) is 0 Å². The molecule has 0 bridgehead atoms. The lowest BCUT2D eigenvalue weighted by Crippen LogP contribution is -2.11. The van der Waals surface area contributed by atoms with Gasteiger partial charge >= 0.3 is 0 Å². The first-order valence-electron chi connectivity index (χ1n) is 3.43. The number of carbonyl (C=O) groups is 1. The number of hydrogen-bond donors (Lipinski definition) is 0. The highest BCUT2D eigenvalue weighted by atomic mass is 19.1. The maximum atomic E-state index is 12.7. The summed E-state index contributed by atoms with van der Waals surface area (Å²) in [6, 6.07) is 2.37. The van der Waals surface area contributed by atoms with Crippen molar-refractivity contribution in [3.05, 3.63) is 23.6 Å². The van der Waals surface area contributed by atoms with E-state index in [1.807, 2.05) is 0 Å². The number of nitrogens with zero attached hydrogens (tertiary/aromatic N) is 2. The van der Waals surface area contributed by atoms with Crippen LogP contribution >= 0.6 is 0 Å². The van der Waals surface area contributed by atoms with Crippen LogP contribution in [0, 0.1) is 5.82 Å². The number of anilines is 1. The van der Waals surface area contributed by atoms with Crippen LogP contribution in [0.1, 0.15) is 10.5 Å². The molecule has 0 amide bonds. The Labute approximate surface area is 69.8 Å². The van der Waals surface area contributed by atoms with E-state index in [9.17, 15) is 9.18 Å². The maximum absolute atomic E-state index is 12.7. The van der Waals surface area contributed by atoms with Crippen LogP contribution < -0.4 is 4.90 Å². The van der Waals surface area contributed by atoms with Gasteiger partial charge in [-0.15, -0.1) is 0 Å². The molecule has 0 aliphatic heterocycles. The van der Waals surface area contributed by atoms with E-state index in [0.717, 1.165) is 6.07 Å². The first kappa shape index (κ1) is 8.64. The Morgan fingerprint density at radius 1 is 1.50 bits per heavy atom. The van der Waals surface area contributed by atoms with Gasteiger partial charge in [0.15, 0.2) is 6.29 Å². The van der Waals surface area contributed by atoms with Crippen LogP contribution in [-0.4, -0.2) is 25.4 Å². The second-order valence-corrected chi connectivity index (χ2v) is 2.58. The van der Waals surface area contributed by atoms with Gasteiger partial charge in [-0.1, -0.05) is 0 Å². The van der Waals surface area contributed by atoms with Crippen LogP contribution in [0.5, 0.6) is 0 Å². The Morgan fingerprint density at radius 2 is 2.17 bits per heavy atom. The van der Waals surface area contributed by atoms with Gasteiger partial charge in [0, 0.05) is 26.2 Å². The summed E-state index contributed by atoms with van der Waals surface area (Å²) in [6.07, 6.45) is 0.524. The molecule has 0 radical (unpaired) electrons. The van der Waals surface area contributed by atoms with E-state index in [-0.39, 0.29) is 5.69 Å². The molecule has 3 nitrogen and oxygen atoms in total. The maximum Gasteiger partial charge on any atom is 0.168 e. The number of rotatable bonds is 2. The Balaban J connectivity index is 3.14. The van der Waals surface area contributed by atoms with Crippen LogP contribution in [0.4, 0.5) is 10.2 Å². The number of pyridine rings is 1. The summed E-state index contributed by atoms with van der Waals surface area (Å²) >= 11 is 0. The quantitative estimate of drug-likeness (QED) is 0.620. The molecule has 0 aliphatic carbocycles. The molecule has 0 unspecified atom stereocenters. The first-order chi connectivity index (χ1) is 5.63. The van der Waals surface area contributed by atoms with Gasteiger partial charge < -0.3 is 4.90 Å². The van der Waals surface area contributed by atoms with E-state index in [1.54, 1.807) is 19.0 Å². The smallest absolute Gasteiger partial charge is 0.168 e. The summed E-state index contributed by atoms with van der Waals surface area (Å²) in [6.45, 7) is 0. The van der Waals surface area contributed by atoms with Crippen molar-refractivity contribution in [3.63, 3.8) is 0 Å². The van der Waals surface area contributed by atoms with E-state index in [0.29, 0.717) is 12.1 Å². The highest BCUT2D eigenvalue weighted by Gasteiger charge is 2.02. The van der Waals surface area contributed by atoms with Crippen molar-refractivity contribution in [3.8, 4) is 0 Å². The fraction of sp³-hybridized carbons (Fsp3) is 0.250. The summed E-state index contributed by atoms with van der Waals surface area (Å²) in [5.74, 6) is -0.00657. The fourth-order valence-corrected chi connectivity index (χ4v) is 0.793. The zero-order chi connectivity index (χ0) is 9.14. The van der Waals surface area contributed by atoms with Crippen LogP contribution in [0.3, 0.4) is 0 Å². The Hall–Kier alpha value is -1.45. The standard InChI is InChI=1S/C8H9FN2O/c1-11(2)8-4-6(9)3-7(5-12)10-8/h3-5H,1-2H3. The normalized spacial score (nSPS) is 9.58. The average Bonchev–Trinajstić information content (AvgIpc) is 2.03. The summed E-state index contributed by atoms with van der Waals surface area (Å²) in [5, 5.41) is 0. The third-order valence-corrected chi connectivity index (χ3v) is 1.38. The molecule has 12 heavy (non-hydrogen) atoms. The molecular weight excluding hydrogens is 159 g/mol. The highest BCUT2D eigenvalue weighted by molar-refractivity contribution is 5.72. The minimum Gasteiger partial charge on any atom is -0.363 e. The molecule has 1 heterocycles. The Bertz CT molecular complexity index is 299. The minimum absolute atomic E-state index is 0.110. The minimum atomic E-state index is -0.448. The zero-order valence-corrected chi connectivity index (χ0v) is 6.91. The molecule has 4 heteroatoms. The second-order valence-electron chi connectivity index (χ2n) is 2.58. The third kappa shape index (κ3) is 1.78. The van der Waals surface area contributed by atoms with E-state index in [4.69, 9.17) is 0 Å². The molecule has 64 valence electrons. The first-order valence-corrected chi connectivity index (χ1v) is 3.43. The lowest BCUT2D eigenvalue weighted by Gasteiger charge is -2.10. The number of aromatic nitrogens is 1. The van der Waals surface area contributed by atoms with Crippen molar-refractivity contribution in [1.82, 2.24) is 4.98 Å². The number of halogens is 1. The summed E-state index contributed by atoms with van der Waals surface area (Å²) in [5.41, 5.74) is 0.110. The number of aldehydes is 1. The average molecular weight is 168 g/mol. The molecule has 0 saturated carbocycles. The Kier molecular flexibility index (Phi) is 2.38. The summed E-state index contributed by atoms with van der Waals surface area (Å²) in [7, 11) is 3.46. The van der Waals surface area contributed by atoms with Crippen molar-refractivity contribution in [2.75, 3.05) is 19.0 Å². The number of carbonyl (C=O) groups excluding carboxylic acids is 1. The highest BCUT2D eigenvalue weighted by Crippen LogP contribution is 2.10. The zero-order valence-electron chi connectivity index (χ0n) is 6.91. The predicted octanol–water partition coefficient (Wildman–Crippen LogP) is 1.10. The number of hydrogen-bond acceptors (Lipinski definition) is 3. The van der Waals surface area contributed by atoms with E-state index in [2.05, 4.69) is 4.98 Å². The molecule has 0 aromatic carbocycles. The van der Waals surface area contributed by atoms with Gasteiger partial charge in [0.05, 0.1) is 0 Å². The van der Waals surface area contributed by atoms with Gasteiger partial charge in [0.2, 0.25) is 0 Å². The SMILES string of the molecule is CN(C)c1cc(F)cc(C=O)n1. The molecule has 0 N–H and O–H groups in total. The van der Waals surface area contributed by atoms with Gasteiger partial charge in [0.1, 0.15) is 17.3 Å². The van der Waals surface area contributed by atoms with Crippen molar-refractivity contribution in [2.24, 2.45) is 0 Å². The lowest BCUT2D eigenvalue weighted by atomic mass is 10.3. The van der Waals surface area contributed by atoms with Crippen molar-refractivity contribution >= 4 is 12.1 Å². The summed E-state index contributed by atoms with van der Waals surface area (Å²) < 4.78 is 12.7. The van der Waals surface area contributed by atoms with Crippen LogP contribution in [0.15, 0.2) is 12.1 Å². The van der Waals surface area contributed by atoms with E-state index >= 15 is 0 Å². The Morgan fingerprint density at radius 3 is 2.67 bits per heavy atom. The molecule has 0 aliphatic rings. The molecule has 0 saturated heterocycles. The van der Waals surface area contributed by atoms with E-state index in [1.165, 1.54) is 6.07 Å². The summed E-state index contributed by atoms with van der Waals surface area (Å²) in [4.78, 5) is 15.8. The molecule has 1 rings (SSSR count). The van der Waals surface area contributed by atoms with Gasteiger partial charge in [-0.25, -0.2) is 9.37 Å². The van der Waals surface area contributed by atoms with Crippen molar-refractivity contribution < 1.29 is 9.18 Å². The fourth-order valence-electron chi connectivity index (χ4n) is 0.793. The molecule has 1 aromatic rings. The topological polar surface area (TPSA) is 33.2 Å². The van der Waals surface area contributed by atoms with Gasteiger partial charge in [-0.05, 0) is 0 Å². The largest absolute Gasteiger partial charge is 0.363 e. The molecular formula is C8H9FN2O. The molecule has 0 atom stereocenters. The van der Waals surface area contributed by atoms with Gasteiger partial charge in [-0.2, -0.15) is 0 Å². The second kappa shape index (κ2) is 3.30. The van der Waals surface area contributed by atoms with Crippen LogP contribution in [0.25, 0.3) is 0 Å². The van der Waals surface area contributed by atoms with E-state index < -0.39 is 5.82 Å². The van der Waals surface area contributed by atoms with Gasteiger partial charge in [-0.3, -0.25) is 4.79 Å². The molecule has 1 aromatic heterocycles. The molecule has 0 spiro atoms. The third-order valence-electron chi connectivity index (χ3n) is 1.38.